The zero-order valence-corrected chi connectivity index (χ0v) is 14.1. The van der Waals surface area contributed by atoms with Crippen molar-refractivity contribution in [1.29, 1.82) is 0 Å². The van der Waals surface area contributed by atoms with E-state index in [0.717, 1.165) is 37.4 Å². The summed E-state index contributed by atoms with van der Waals surface area (Å²) in [5, 5.41) is 0. The first-order chi connectivity index (χ1) is 10.6. The van der Waals surface area contributed by atoms with E-state index < -0.39 is 0 Å². The highest BCUT2D eigenvalue weighted by Gasteiger charge is 2.28. The number of likely N-dealkylation sites (tertiary alicyclic amines) is 1. The summed E-state index contributed by atoms with van der Waals surface area (Å²) in [6, 6.07) is 4.48. The maximum atomic E-state index is 5.96. The van der Waals surface area contributed by atoms with Gasteiger partial charge in [-0.15, -0.1) is 0 Å². The Labute approximate surface area is 133 Å². The van der Waals surface area contributed by atoms with Gasteiger partial charge in [-0.2, -0.15) is 0 Å². The van der Waals surface area contributed by atoms with E-state index in [9.17, 15) is 0 Å². The molecule has 5 heteroatoms. The van der Waals surface area contributed by atoms with Crippen LogP contribution in [0.3, 0.4) is 0 Å². The summed E-state index contributed by atoms with van der Waals surface area (Å²) in [4.78, 5) is 2.45. The molecule has 1 aromatic carbocycles. The summed E-state index contributed by atoms with van der Waals surface area (Å²) in [5.74, 6) is 1.55. The second-order valence-electron chi connectivity index (χ2n) is 5.88. The summed E-state index contributed by atoms with van der Waals surface area (Å²) in [5.41, 5.74) is 8.43. The topological polar surface area (TPSA) is 57.0 Å². The minimum absolute atomic E-state index is 0.330. The first-order valence-corrected chi connectivity index (χ1v) is 7.81. The smallest absolute Gasteiger partial charge is 0.161 e. The molecule has 0 aromatic heterocycles. The summed E-state index contributed by atoms with van der Waals surface area (Å²) >= 11 is 0. The summed E-state index contributed by atoms with van der Waals surface area (Å²) in [7, 11) is 5.12. The quantitative estimate of drug-likeness (QED) is 0.870. The number of nitrogens with two attached hydrogens (primary N) is 1. The van der Waals surface area contributed by atoms with Crippen molar-refractivity contribution in [3.8, 4) is 11.5 Å². The molecule has 22 heavy (non-hydrogen) atoms. The largest absolute Gasteiger partial charge is 0.493 e. The van der Waals surface area contributed by atoms with Crippen LogP contribution in [0, 0.1) is 6.92 Å². The Morgan fingerprint density at radius 3 is 2.45 bits per heavy atom. The van der Waals surface area contributed by atoms with Gasteiger partial charge in [0.25, 0.3) is 0 Å². The van der Waals surface area contributed by atoms with Crippen LogP contribution in [0.5, 0.6) is 11.5 Å². The molecule has 0 aliphatic carbocycles. The average Bonchev–Trinajstić information content (AvgIpc) is 2.56. The Bertz CT molecular complexity index is 493. The number of rotatable bonds is 6. The number of hydrogen-bond donors (Lipinski definition) is 1. The van der Waals surface area contributed by atoms with Gasteiger partial charge in [0.05, 0.1) is 20.3 Å². The zero-order chi connectivity index (χ0) is 16.1. The molecule has 1 fully saturated rings. The lowest BCUT2D eigenvalue weighted by molar-refractivity contribution is 0.0101. The summed E-state index contributed by atoms with van der Waals surface area (Å²) in [6.07, 6.45) is 2.38. The van der Waals surface area contributed by atoms with Crippen molar-refractivity contribution in [2.24, 2.45) is 5.73 Å². The minimum Gasteiger partial charge on any atom is -0.493 e. The Balaban J connectivity index is 2.15. The summed E-state index contributed by atoms with van der Waals surface area (Å²) in [6.45, 7) is 4.65. The van der Waals surface area contributed by atoms with E-state index in [4.69, 9.17) is 19.9 Å². The van der Waals surface area contributed by atoms with Crippen LogP contribution >= 0.6 is 0 Å². The van der Waals surface area contributed by atoms with Crippen molar-refractivity contribution in [3.63, 3.8) is 0 Å². The fourth-order valence-electron chi connectivity index (χ4n) is 3.14. The maximum absolute atomic E-state index is 5.96. The molecule has 0 bridgehead atoms. The van der Waals surface area contributed by atoms with Crippen LogP contribution in [-0.2, 0) is 11.3 Å². The van der Waals surface area contributed by atoms with Crippen LogP contribution in [0.1, 0.15) is 24.0 Å². The first-order valence-electron chi connectivity index (χ1n) is 7.81. The second-order valence-corrected chi connectivity index (χ2v) is 5.88. The molecular weight excluding hydrogens is 280 g/mol. The van der Waals surface area contributed by atoms with Gasteiger partial charge in [0.15, 0.2) is 11.5 Å². The molecule has 2 atom stereocenters. The lowest BCUT2D eigenvalue weighted by Crippen LogP contribution is -2.48. The van der Waals surface area contributed by atoms with Gasteiger partial charge in [0.1, 0.15) is 0 Å². The zero-order valence-electron chi connectivity index (χ0n) is 14.1. The van der Waals surface area contributed by atoms with Crippen molar-refractivity contribution in [2.75, 3.05) is 34.4 Å². The highest BCUT2D eigenvalue weighted by molar-refractivity contribution is 5.47. The predicted octanol–water partition coefficient (Wildman–Crippen LogP) is 1.95. The normalized spacial score (nSPS) is 22.6. The number of nitrogens with zero attached hydrogens (tertiary/aromatic N) is 1. The highest BCUT2D eigenvalue weighted by Crippen LogP contribution is 2.32. The van der Waals surface area contributed by atoms with Gasteiger partial charge in [0.2, 0.25) is 0 Å². The van der Waals surface area contributed by atoms with Crippen molar-refractivity contribution in [3.05, 3.63) is 23.3 Å². The lowest BCUT2D eigenvalue weighted by atomic mass is 9.97. The van der Waals surface area contributed by atoms with Gasteiger partial charge in [-0.1, -0.05) is 0 Å². The Hall–Kier alpha value is -1.30. The molecule has 1 aromatic rings. The van der Waals surface area contributed by atoms with Crippen LogP contribution < -0.4 is 15.2 Å². The number of hydrogen-bond acceptors (Lipinski definition) is 5. The van der Waals surface area contributed by atoms with E-state index in [2.05, 4.69) is 17.9 Å². The average molecular weight is 308 g/mol. The van der Waals surface area contributed by atoms with Crippen molar-refractivity contribution in [1.82, 2.24) is 4.90 Å². The molecule has 0 spiro atoms. The van der Waals surface area contributed by atoms with E-state index in [1.807, 2.05) is 6.07 Å². The monoisotopic (exact) mass is 308 g/mol. The second kappa shape index (κ2) is 7.81. The third kappa shape index (κ3) is 3.72. The van der Waals surface area contributed by atoms with Crippen molar-refractivity contribution in [2.45, 2.75) is 38.5 Å². The molecule has 5 nitrogen and oxygen atoms in total. The molecule has 1 saturated heterocycles. The van der Waals surface area contributed by atoms with Crippen LogP contribution in [0.4, 0.5) is 0 Å². The molecule has 1 aliphatic heterocycles. The van der Waals surface area contributed by atoms with Crippen LogP contribution in [0.2, 0.25) is 0 Å². The number of aryl methyl sites for hydroxylation is 1. The van der Waals surface area contributed by atoms with Gasteiger partial charge in [-0.3, -0.25) is 4.90 Å². The fourth-order valence-corrected chi connectivity index (χ4v) is 3.14. The SMILES string of the molecule is COc1cc(C)c(CN2CCC(OC)CC2CN)cc1OC. The number of methoxy groups -OCH3 is 3. The molecule has 0 saturated carbocycles. The van der Waals surface area contributed by atoms with E-state index in [1.54, 1.807) is 21.3 Å². The van der Waals surface area contributed by atoms with Gasteiger partial charge in [-0.25, -0.2) is 0 Å². The molecule has 2 rings (SSSR count). The van der Waals surface area contributed by atoms with Crippen LogP contribution in [0.15, 0.2) is 12.1 Å². The molecule has 1 heterocycles. The van der Waals surface area contributed by atoms with Gasteiger partial charge in [-0.05, 0) is 43.0 Å². The fraction of sp³-hybridized carbons (Fsp3) is 0.647. The van der Waals surface area contributed by atoms with Crippen LogP contribution in [0.25, 0.3) is 0 Å². The third-order valence-corrected chi connectivity index (χ3v) is 4.61. The molecule has 1 aliphatic rings. The molecular formula is C17H28N2O3. The Morgan fingerprint density at radius 1 is 1.18 bits per heavy atom. The molecule has 0 amide bonds. The van der Waals surface area contributed by atoms with Crippen LogP contribution in [-0.4, -0.2) is 51.5 Å². The predicted molar refractivity (Wildman–Crippen MR) is 87.6 cm³/mol. The minimum atomic E-state index is 0.330. The Morgan fingerprint density at radius 2 is 1.86 bits per heavy atom. The standard InChI is InChI=1S/C17H28N2O3/c1-12-7-16(21-3)17(22-4)8-13(12)11-19-6-5-15(20-2)9-14(19)10-18/h7-8,14-15H,5-6,9-11,18H2,1-4H3. The first kappa shape index (κ1) is 17.1. The lowest BCUT2D eigenvalue weighted by Gasteiger charge is -2.38. The number of ether oxygens (including phenoxy) is 3. The van der Waals surface area contributed by atoms with Gasteiger partial charge >= 0.3 is 0 Å². The van der Waals surface area contributed by atoms with Gasteiger partial charge in [0, 0.05) is 32.8 Å². The van der Waals surface area contributed by atoms with Gasteiger partial charge < -0.3 is 19.9 Å². The highest BCUT2D eigenvalue weighted by atomic mass is 16.5. The number of benzene rings is 1. The maximum Gasteiger partial charge on any atom is 0.161 e. The Kier molecular flexibility index (Phi) is 6.06. The van der Waals surface area contributed by atoms with E-state index >= 15 is 0 Å². The van der Waals surface area contributed by atoms with E-state index in [0.29, 0.717) is 18.7 Å². The molecule has 2 unspecified atom stereocenters. The van der Waals surface area contributed by atoms with Crippen molar-refractivity contribution >= 4 is 0 Å². The number of piperidine rings is 1. The van der Waals surface area contributed by atoms with E-state index in [-0.39, 0.29) is 0 Å². The molecule has 124 valence electrons. The third-order valence-electron chi connectivity index (χ3n) is 4.61. The van der Waals surface area contributed by atoms with E-state index in [1.165, 1.54) is 11.1 Å². The summed E-state index contributed by atoms with van der Waals surface area (Å²) < 4.78 is 16.3. The molecule has 0 radical (unpaired) electrons. The molecule has 2 N–H and O–H groups in total. The van der Waals surface area contributed by atoms with Crippen molar-refractivity contribution < 1.29 is 14.2 Å².